The maximum atomic E-state index is 8.58. The van der Waals surface area contributed by atoms with E-state index in [4.69, 9.17) is 5.26 Å². The van der Waals surface area contributed by atoms with E-state index < -0.39 is 8.80 Å². The van der Waals surface area contributed by atoms with Crippen LogP contribution in [-0.4, -0.2) is 13.8 Å². The smallest absolute Gasteiger partial charge is 0.104 e. The number of hydrogen-bond donors (Lipinski definition) is 0. The molecule has 0 saturated carbocycles. The van der Waals surface area contributed by atoms with E-state index >= 15 is 0 Å². The summed E-state index contributed by atoms with van der Waals surface area (Å²) < 4.78 is 0. The highest BCUT2D eigenvalue weighted by Gasteiger charge is 2.02. The molecule has 0 bridgehead atoms. The third kappa shape index (κ3) is 1.89. The van der Waals surface area contributed by atoms with Crippen molar-refractivity contribution in [3.8, 4) is 6.07 Å². The largest absolute Gasteiger partial charge is 0.266 e. The van der Waals surface area contributed by atoms with Gasteiger partial charge in [0, 0.05) is 11.5 Å². The zero-order valence-corrected chi connectivity index (χ0v) is 7.63. The Labute approximate surface area is 68.1 Å². The van der Waals surface area contributed by atoms with Crippen molar-refractivity contribution in [1.82, 2.24) is 4.98 Å². The Morgan fingerprint density at radius 3 is 2.82 bits per heavy atom. The predicted octanol–water partition coefficient (Wildman–Crippen LogP) is 0.915. The van der Waals surface area contributed by atoms with Gasteiger partial charge in [0.1, 0.15) is 8.80 Å². The quantitative estimate of drug-likeness (QED) is 0.574. The summed E-state index contributed by atoms with van der Waals surface area (Å²) in [7, 11) is -0.506. The van der Waals surface area contributed by atoms with Gasteiger partial charge in [0.25, 0.3) is 0 Å². The maximum Gasteiger partial charge on any atom is 0.104 e. The standard InChI is InChI=1S/C8H9N2Si/c1-11(2)8-5-7(6-9)3-4-10-8/h3-5H,1-2H3. The van der Waals surface area contributed by atoms with Crippen LogP contribution in [0.25, 0.3) is 0 Å². The van der Waals surface area contributed by atoms with E-state index in [1.165, 1.54) is 0 Å². The van der Waals surface area contributed by atoms with Crippen LogP contribution in [0.2, 0.25) is 13.1 Å². The summed E-state index contributed by atoms with van der Waals surface area (Å²) in [5.74, 6) is 0. The van der Waals surface area contributed by atoms with Crippen molar-refractivity contribution in [3.05, 3.63) is 23.9 Å². The van der Waals surface area contributed by atoms with Crippen molar-refractivity contribution in [2.75, 3.05) is 0 Å². The Hall–Kier alpha value is -1.14. The van der Waals surface area contributed by atoms with E-state index in [1.54, 1.807) is 12.3 Å². The third-order valence-electron chi connectivity index (χ3n) is 1.40. The molecule has 2 nitrogen and oxygen atoms in total. The van der Waals surface area contributed by atoms with Gasteiger partial charge in [0.05, 0.1) is 11.6 Å². The van der Waals surface area contributed by atoms with Gasteiger partial charge in [-0.15, -0.1) is 0 Å². The summed E-state index contributed by atoms with van der Waals surface area (Å²) in [6, 6.07) is 5.70. The Bertz CT molecular complexity index is 288. The number of nitriles is 1. The van der Waals surface area contributed by atoms with Crippen LogP contribution >= 0.6 is 0 Å². The fraction of sp³-hybridized carbons (Fsp3) is 0.250. The average Bonchev–Trinajstić information content (AvgIpc) is 2.05. The molecule has 55 valence electrons. The lowest BCUT2D eigenvalue weighted by molar-refractivity contribution is 1.35. The van der Waals surface area contributed by atoms with Crippen molar-refractivity contribution in [2.45, 2.75) is 13.1 Å². The molecule has 1 heterocycles. The summed E-state index contributed by atoms with van der Waals surface area (Å²) in [4.78, 5) is 4.18. The maximum absolute atomic E-state index is 8.58. The molecule has 11 heavy (non-hydrogen) atoms. The molecule has 0 N–H and O–H groups in total. The SMILES string of the molecule is C[Si](C)c1cc(C#N)ccn1. The highest BCUT2D eigenvalue weighted by atomic mass is 28.3. The number of hydrogen-bond acceptors (Lipinski definition) is 2. The fourth-order valence-corrected chi connectivity index (χ4v) is 1.55. The minimum absolute atomic E-state index is 0.506. The van der Waals surface area contributed by atoms with Crippen LogP contribution in [-0.2, 0) is 0 Å². The highest BCUT2D eigenvalue weighted by molar-refractivity contribution is 6.69. The molecule has 0 spiro atoms. The van der Waals surface area contributed by atoms with E-state index in [9.17, 15) is 0 Å². The molecule has 0 saturated heterocycles. The number of rotatable bonds is 1. The number of aromatic nitrogens is 1. The molecule has 0 aromatic carbocycles. The minimum Gasteiger partial charge on any atom is -0.266 e. The van der Waals surface area contributed by atoms with E-state index in [2.05, 4.69) is 24.1 Å². The second-order valence-corrected chi connectivity index (χ2v) is 5.05. The molecule has 0 unspecified atom stereocenters. The van der Waals surface area contributed by atoms with Crippen LogP contribution < -0.4 is 5.32 Å². The molecule has 1 radical (unpaired) electrons. The fourth-order valence-electron chi connectivity index (χ4n) is 0.774. The first-order chi connectivity index (χ1) is 5.24. The molecule has 0 atom stereocenters. The van der Waals surface area contributed by atoms with Crippen molar-refractivity contribution in [1.29, 1.82) is 5.26 Å². The van der Waals surface area contributed by atoms with Crippen LogP contribution in [0, 0.1) is 11.3 Å². The monoisotopic (exact) mass is 161 g/mol. The minimum atomic E-state index is -0.506. The molecule has 0 fully saturated rings. The van der Waals surface area contributed by atoms with E-state index in [1.807, 2.05) is 6.07 Å². The normalized spacial score (nSPS) is 9.64. The summed E-state index contributed by atoms with van der Waals surface area (Å²) in [5, 5.41) is 9.66. The van der Waals surface area contributed by atoms with Crippen LogP contribution in [0.4, 0.5) is 0 Å². The lowest BCUT2D eigenvalue weighted by atomic mass is 10.3. The van der Waals surface area contributed by atoms with Gasteiger partial charge in [-0.3, -0.25) is 4.98 Å². The second-order valence-electron chi connectivity index (χ2n) is 2.54. The Balaban J connectivity index is 3.03. The summed E-state index contributed by atoms with van der Waals surface area (Å²) in [5.41, 5.74) is 0.709. The highest BCUT2D eigenvalue weighted by Crippen LogP contribution is 1.92. The first kappa shape index (κ1) is 7.96. The first-order valence-electron chi connectivity index (χ1n) is 3.40. The molecule has 0 aliphatic carbocycles. The zero-order chi connectivity index (χ0) is 8.27. The zero-order valence-electron chi connectivity index (χ0n) is 6.63. The Morgan fingerprint density at radius 1 is 1.55 bits per heavy atom. The summed E-state index contributed by atoms with van der Waals surface area (Å²) in [6.07, 6.45) is 1.70. The molecule has 0 aliphatic heterocycles. The van der Waals surface area contributed by atoms with Gasteiger partial charge in [0.15, 0.2) is 0 Å². The van der Waals surface area contributed by atoms with E-state index in [-0.39, 0.29) is 0 Å². The molecule has 1 rings (SSSR count). The molecular formula is C8H9N2Si. The summed E-state index contributed by atoms with van der Waals surface area (Å²) >= 11 is 0. The van der Waals surface area contributed by atoms with Crippen molar-refractivity contribution < 1.29 is 0 Å². The first-order valence-corrected chi connectivity index (χ1v) is 5.90. The van der Waals surface area contributed by atoms with Gasteiger partial charge in [-0.1, -0.05) is 13.1 Å². The number of pyridine rings is 1. The van der Waals surface area contributed by atoms with Gasteiger partial charge in [-0.2, -0.15) is 5.26 Å². The topological polar surface area (TPSA) is 36.7 Å². The summed E-state index contributed by atoms with van der Waals surface area (Å²) in [6.45, 7) is 4.32. The van der Waals surface area contributed by atoms with Gasteiger partial charge in [-0.25, -0.2) is 0 Å². The van der Waals surface area contributed by atoms with E-state index in [0.29, 0.717) is 5.56 Å². The molecule has 0 aliphatic rings. The second kappa shape index (κ2) is 3.31. The van der Waals surface area contributed by atoms with Gasteiger partial charge < -0.3 is 0 Å². The number of nitrogens with zero attached hydrogens (tertiary/aromatic N) is 2. The van der Waals surface area contributed by atoms with Gasteiger partial charge in [0.2, 0.25) is 0 Å². The Kier molecular flexibility index (Phi) is 2.39. The lowest BCUT2D eigenvalue weighted by Crippen LogP contribution is -2.25. The van der Waals surface area contributed by atoms with E-state index in [0.717, 1.165) is 5.32 Å². The van der Waals surface area contributed by atoms with Gasteiger partial charge >= 0.3 is 0 Å². The molecule has 3 heteroatoms. The van der Waals surface area contributed by atoms with Crippen LogP contribution in [0.5, 0.6) is 0 Å². The molecular weight excluding hydrogens is 152 g/mol. The van der Waals surface area contributed by atoms with Gasteiger partial charge in [-0.05, 0) is 12.1 Å². The molecule has 1 aromatic rings. The third-order valence-corrected chi connectivity index (χ3v) is 2.70. The molecule has 0 amide bonds. The van der Waals surface area contributed by atoms with Crippen molar-refractivity contribution >= 4 is 14.1 Å². The van der Waals surface area contributed by atoms with Crippen LogP contribution in [0.3, 0.4) is 0 Å². The van der Waals surface area contributed by atoms with Crippen molar-refractivity contribution in [3.63, 3.8) is 0 Å². The average molecular weight is 161 g/mol. The lowest BCUT2D eigenvalue weighted by Gasteiger charge is -2.00. The Morgan fingerprint density at radius 2 is 2.27 bits per heavy atom. The molecule has 1 aromatic heterocycles. The van der Waals surface area contributed by atoms with Crippen LogP contribution in [0.1, 0.15) is 5.56 Å². The van der Waals surface area contributed by atoms with Crippen LogP contribution in [0.15, 0.2) is 18.3 Å². The van der Waals surface area contributed by atoms with Crippen molar-refractivity contribution in [2.24, 2.45) is 0 Å². The predicted molar refractivity (Wildman–Crippen MR) is 46.1 cm³/mol.